The second-order valence-corrected chi connectivity index (χ2v) is 6.42. The molecule has 2 aromatic rings. The molecule has 0 saturated heterocycles. The average molecular weight is 310 g/mol. The molecule has 0 aliphatic carbocycles. The fourth-order valence-electron chi connectivity index (χ4n) is 2.05. The van der Waals surface area contributed by atoms with Crippen molar-refractivity contribution in [2.75, 3.05) is 0 Å². The quantitative estimate of drug-likeness (QED) is 0.847. The second kappa shape index (κ2) is 7.09. The van der Waals surface area contributed by atoms with E-state index in [4.69, 9.17) is 0 Å². The smallest absolute Gasteiger partial charge is 0.126 e. The van der Waals surface area contributed by atoms with Gasteiger partial charge < -0.3 is 5.32 Å². The third kappa shape index (κ3) is 4.32. The molecule has 0 bridgehead atoms. The Balaban J connectivity index is 2.33. The third-order valence-corrected chi connectivity index (χ3v) is 4.19. The molecule has 114 valence electrons. The Kier molecular flexibility index (Phi) is 5.42. The Bertz CT molecular complexity index is 588. The molecule has 0 atom stereocenters. The summed E-state index contributed by atoms with van der Waals surface area (Å²) in [5, 5.41) is 4.05. The summed E-state index contributed by atoms with van der Waals surface area (Å²) >= 11 is 1.50. The van der Waals surface area contributed by atoms with Crippen LogP contribution in [-0.2, 0) is 13.0 Å². The number of thiazole rings is 1. The van der Waals surface area contributed by atoms with Crippen molar-refractivity contribution in [3.8, 4) is 10.6 Å². The van der Waals surface area contributed by atoms with Gasteiger partial charge in [0.2, 0.25) is 0 Å². The number of nitrogens with one attached hydrogen (secondary N) is 1. The van der Waals surface area contributed by atoms with Gasteiger partial charge in [-0.2, -0.15) is 0 Å². The van der Waals surface area contributed by atoms with Crippen molar-refractivity contribution in [1.82, 2.24) is 10.3 Å². The molecule has 0 spiro atoms. The third-order valence-electron chi connectivity index (χ3n) is 3.05. The minimum absolute atomic E-state index is 0.386. The summed E-state index contributed by atoms with van der Waals surface area (Å²) in [4.78, 5) is 5.72. The summed E-state index contributed by atoms with van der Waals surface area (Å²) in [7, 11) is 0. The lowest BCUT2D eigenvalue weighted by atomic mass is 10.2. The summed E-state index contributed by atoms with van der Waals surface area (Å²) in [6, 6.07) is 3.93. The topological polar surface area (TPSA) is 24.9 Å². The minimum atomic E-state index is -0.570. The highest BCUT2D eigenvalue weighted by Gasteiger charge is 2.13. The van der Waals surface area contributed by atoms with Crippen LogP contribution in [0.3, 0.4) is 0 Å². The monoisotopic (exact) mass is 310 g/mol. The number of hydrogen-bond acceptors (Lipinski definition) is 3. The zero-order chi connectivity index (χ0) is 15.4. The zero-order valence-corrected chi connectivity index (χ0v) is 13.4. The van der Waals surface area contributed by atoms with Crippen molar-refractivity contribution in [3.05, 3.63) is 40.4 Å². The molecular weight excluding hydrogens is 290 g/mol. The Morgan fingerprint density at radius 3 is 2.43 bits per heavy atom. The van der Waals surface area contributed by atoms with Gasteiger partial charge in [-0.05, 0) is 18.6 Å². The fourth-order valence-corrected chi connectivity index (χ4v) is 3.10. The molecule has 1 heterocycles. The van der Waals surface area contributed by atoms with E-state index in [0.29, 0.717) is 16.6 Å². The van der Waals surface area contributed by atoms with Gasteiger partial charge in [-0.3, -0.25) is 0 Å². The maximum Gasteiger partial charge on any atom is 0.126 e. The van der Waals surface area contributed by atoms with Crippen LogP contribution in [0.1, 0.15) is 37.8 Å². The molecule has 2 rings (SSSR count). The maximum atomic E-state index is 13.3. The van der Waals surface area contributed by atoms with Gasteiger partial charge in [0.15, 0.2) is 0 Å². The first-order valence-electron chi connectivity index (χ1n) is 7.18. The van der Waals surface area contributed by atoms with E-state index in [9.17, 15) is 8.78 Å². The molecule has 5 heteroatoms. The highest BCUT2D eigenvalue weighted by molar-refractivity contribution is 7.15. The number of rotatable bonds is 6. The standard InChI is InChI=1S/C16H20F2N2S/c1-4-5-14-15(9-19-10(2)3)21-16(20-14)11-6-12(17)8-13(18)7-11/h6-8,10,19H,4-5,9H2,1-3H3. The SMILES string of the molecule is CCCc1nc(-c2cc(F)cc(F)c2)sc1CNC(C)C. The van der Waals surface area contributed by atoms with Crippen LogP contribution in [0, 0.1) is 11.6 Å². The van der Waals surface area contributed by atoms with Gasteiger partial charge in [0, 0.05) is 29.1 Å². The van der Waals surface area contributed by atoms with E-state index >= 15 is 0 Å². The van der Waals surface area contributed by atoms with Crippen LogP contribution in [0.15, 0.2) is 18.2 Å². The van der Waals surface area contributed by atoms with Crippen LogP contribution < -0.4 is 5.32 Å². The van der Waals surface area contributed by atoms with Crippen LogP contribution in [0.2, 0.25) is 0 Å². The first-order chi connectivity index (χ1) is 9.99. The first-order valence-corrected chi connectivity index (χ1v) is 7.99. The maximum absolute atomic E-state index is 13.3. The van der Waals surface area contributed by atoms with E-state index in [0.717, 1.165) is 36.0 Å². The highest BCUT2D eigenvalue weighted by Crippen LogP contribution is 2.30. The second-order valence-electron chi connectivity index (χ2n) is 5.33. The van der Waals surface area contributed by atoms with E-state index in [1.807, 2.05) is 0 Å². The van der Waals surface area contributed by atoms with Gasteiger partial charge >= 0.3 is 0 Å². The van der Waals surface area contributed by atoms with E-state index in [1.165, 1.54) is 23.5 Å². The van der Waals surface area contributed by atoms with E-state index in [2.05, 4.69) is 31.1 Å². The lowest BCUT2D eigenvalue weighted by molar-refractivity contribution is 0.584. The number of benzene rings is 1. The largest absolute Gasteiger partial charge is 0.310 e. The van der Waals surface area contributed by atoms with Gasteiger partial charge in [0.05, 0.1) is 5.69 Å². The van der Waals surface area contributed by atoms with E-state index < -0.39 is 11.6 Å². The van der Waals surface area contributed by atoms with Gasteiger partial charge in [0.1, 0.15) is 16.6 Å². The number of aromatic nitrogens is 1. The molecule has 0 aliphatic rings. The van der Waals surface area contributed by atoms with Crippen molar-refractivity contribution in [2.45, 2.75) is 46.2 Å². The average Bonchev–Trinajstić information content (AvgIpc) is 2.79. The van der Waals surface area contributed by atoms with Crippen molar-refractivity contribution in [1.29, 1.82) is 0 Å². The van der Waals surface area contributed by atoms with Crippen molar-refractivity contribution in [3.63, 3.8) is 0 Å². The van der Waals surface area contributed by atoms with Gasteiger partial charge in [-0.25, -0.2) is 13.8 Å². The number of halogens is 2. The number of aryl methyl sites for hydroxylation is 1. The molecule has 0 saturated carbocycles. The number of hydrogen-bond donors (Lipinski definition) is 1. The van der Waals surface area contributed by atoms with Crippen LogP contribution in [0.5, 0.6) is 0 Å². The molecule has 0 unspecified atom stereocenters. The zero-order valence-electron chi connectivity index (χ0n) is 12.5. The molecule has 21 heavy (non-hydrogen) atoms. The van der Waals surface area contributed by atoms with Crippen LogP contribution >= 0.6 is 11.3 Å². The summed E-state index contributed by atoms with van der Waals surface area (Å²) in [5.41, 5.74) is 1.53. The Labute approximate surface area is 128 Å². The lowest BCUT2D eigenvalue weighted by Crippen LogP contribution is -2.21. The van der Waals surface area contributed by atoms with Crippen molar-refractivity contribution in [2.24, 2.45) is 0 Å². The molecule has 2 nitrogen and oxygen atoms in total. The molecular formula is C16H20F2N2S. The van der Waals surface area contributed by atoms with Gasteiger partial charge in [-0.15, -0.1) is 11.3 Å². The van der Waals surface area contributed by atoms with Crippen LogP contribution in [0.25, 0.3) is 10.6 Å². The Hall–Kier alpha value is -1.33. The lowest BCUT2D eigenvalue weighted by Gasteiger charge is -2.07. The molecule has 1 aromatic carbocycles. The Morgan fingerprint density at radius 1 is 1.19 bits per heavy atom. The number of nitrogens with zero attached hydrogens (tertiary/aromatic N) is 1. The van der Waals surface area contributed by atoms with Crippen molar-refractivity contribution < 1.29 is 8.78 Å². The Morgan fingerprint density at radius 2 is 1.86 bits per heavy atom. The highest BCUT2D eigenvalue weighted by atomic mass is 32.1. The molecule has 0 radical (unpaired) electrons. The molecule has 0 fully saturated rings. The van der Waals surface area contributed by atoms with Gasteiger partial charge in [-0.1, -0.05) is 27.2 Å². The van der Waals surface area contributed by atoms with E-state index in [-0.39, 0.29) is 0 Å². The fraction of sp³-hybridized carbons (Fsp3) is 0.438. The summed E-state index contributed by atoms with van der Waals surface area (Å²) in [6.45, 7) is 7.01. The summed E-state index contributed by atoms with van der Waals surface area (Å²) < 4.78 is 26.7. The summed E-state index contributed by atoms with van der Waals surface area (Å²) in [6.07, 6.45) is 1.87. The van der Waals surface area contributed by atoms with Gasteiger partial charge in [0.25, 0.3) is 0 Å². The normalized spacial score (nSPS) is 11.3. The molecule has 0 aliphatic heterocycles. The van der Waals surface area contributed by atoms with Crippen LogP contribution in [-0.4, -0.2) is 11.0 Å². The predicted molar refractivity (Wildman–Crippen MR) is 83.4 cm³/mol. The van der Waals surface area contributed by atoms with Crippen molar-refractivity contribution >= 4 is 11.3 Å². The molecule has 0 amide bonds. The van der Waals surface area contributed by atoms with E-state index in [1.54, 1.807) is 0 Å². The molecule has 1 aromatic heterocycles. The minimum Gasteiger partial charge on any atom is -0.310 e. The molecule has 1 N–H and O–H groups in total. The van der Waals surface area contributed by atoms with Crippen LogP contribution in [0.4, 0.5) is 8.78 Å². The summed E-state index contributed by atoms with van der Waals surface area (Å²) in [5.74, 6) is -1.14. The predicted octanol–water partition coefficient (Wildman–Crippen LogP) is 4.54. The first kappa shape index (κ1) is 16.0.